The fourth-order valence-electron chi connectivity index (χ4n) is 7.60. The molecule has 13 nitrogen and oxygen atoms in total. The van der Waals surface area contributed by atoms with Crippen molar-refractivity contribution in [1.82, 2.24) is 15.7 Å². The Hall–Kier alpha value is -3.07. The molecule has 3 heterocycles. The quantitative estimate of drug-likeness (QED) is 0.0905. The molecule has 0 spiro atoms. The second-order valence-corrected chi connectivity index (χ2v) is 13.4. The number of hydrogen-bond acceptors (Lipinski definition) is 11. The van der Waals surface area contributed by atoms with Gasteiger partial charge in [0.1, 0.15) is 36.4 Å². The van der Waals surface area contributed by atoms with Gasteiger partial charge in [0.2, 0.25) is 11.8 Å². The van der Waals surface area contributed by atoms with Crippen molar-refractivity contribution in [3.63, 3.8) is 0 Å². The molecule has 0 radical (unpaired) electrons. The zero-order valence-corrected chi connectivity index (χ0v) is 28.8. The summed E-state index contributed by atoms with van der Waals surface area (Å²) in [6.45, 7) is 4.66. The molecule has 0 aromatic heterocycles. The first-order chi connectivity index (χ1) is 23.8. The summed E-state index contributed by atoms with van der Waals surface area (Å²) >= 11 is 0. The van der Waals surface area contributed by atoms with E-state index in [2.05, 4.69) is 24.5 Å². The minimum absolute atomic E-state index is 0.0189. The van der Waals surface area contributed by atoms with Crippen LogP contribution in [0.2, 0.25) is 0 Å². The van der Waals surface area contributed by atoms with Gasteiger partial charge in [-0.2, -0.15) is 5.06 Å². The highest BCUT2D eigenvalue weighted by Gasteiger charge is 2.76. The van der Waals surface area contributed by atoms with Gasteiger partial charge in [0, 0.05) is 38.8 Å². The molecular weight excluding hydrogens is 634 g/mol. The number of rotatable bonds is 20. The van der Waals surface area contributed by atoms with E-state index < -0.39 is 47.6 Å². The molecule has 5 rings (SSSR count). The molecule has 1 aromatic carbocycles. The smallest absolute Gasteiger partial charge is 0.327 e. The van der Waals surface area contributed by atoms with Crippen LogP contribution in [0.4, 0.5) is 0 Å². The highest BCUT2D eigenvalue weighted by molar-refractivity contribution is 5.93. The fourth-order valence-corrected chi connectivity index (χ4v) is 7.60. The average Bonchev–Trinajstić information content (AvgIpc) is 3.65. The van der Waals surface area contributed by atoms with E-state index in [4.69, 9.17) is 34.0 Å². The number of carbonyl (C=O) groups excluding carboxylic acids is 3. The van der Waals surface area contributed by atoms with Crippen LogP contribution in [-0.2, 0) is 44.7 Å². The second-order valence-electron chi connectivity index (χ2n) is 13.4. The molecular formula is C36H53N3O10. The van der Waals surface area contributed by atoms with Crippen molar-refractivity contribution in [3.8, 4) is 0 Å². The Kier molecular flexibility index (Phi) is 13.1. The average molecular weight is 688 g/mol. The minimum Gasteiger partial charge on any atom is -0.499 e. The van der Waals surface area contributed by atoms with Gasteiger partial charge in [0.05, 0.1) is 26.0 Å². The molecule has 2 amide bonds. The van der Waals surface area contributed by atoms with Gasteiger partial charge in [-0.15, -0.1) is 0 Å². The molecule has 49 heavy (non-hydrogen) atoms. The van der Waals surface area contributed by atoms with Gasteiger partial charge in [0.15, 0.2) is 11.8 Å². The lowest BCUT2D eigenvalue weighted by molar-refractivity contribution is -0.224. The maximum absolute atomic E-state index is 14.4. The summed E-state index contributed by atoms with van der Waals surface area (Å²) in [6, 6.07) is 6.60. The summed E-state index contributed by atoms with van der Waals surface area (Å²) in [7, 11) is 0. The van der Waals surface area contributed by atoms with Gasteiger partial charge in [-0.25, -0.2) is 0 Å². The zero-order chi connectivity index (χ0) is 34.9. The van der Waals surface area contributed by atoms with E-state index in [0.717, 1.165) is 49.7 Å². The highest BCUT2D eigenvalue weighted by Crippen LogP contribution is 2.58. The van der Waals surface area contributed by atoms with Crippen LogP contribution in [0.5, 0.6) is 0 Å². The number of aliphatic hydroxyl groups is 2. The van der Waals surface area contributed by atoms with Crippen molar-refractivity contribution >= 4 is 23.9 Å². The van der Waals surface area contributed by atoms with Crippen LogP contribution >= 0.6 is 0 Å². The first-order valence-corrected chi connectivity index (χ1v) is 17.9. The summed E-state index contributed by atoms with van der Waals surface area (Å²) in [5.41, 5.74) is 0.409. The van der Waals surface area contributed by atoms with Crippen LogP contribution in [0.1, 0.15) is 89.2 Å². The predicted molar refractivity (Wildman–Crippen MR) is 178 cm³/mol. The molecule has 3 saturated heterocycles. The van der Waals surface area contributed by atoms with Crippen LogP contribution in [0, 0.1) is 5.41 Å². The number of hydrogen-bond donors (Lipinski definition) is 4. The maximum atomic E-state index is 14.4. The standard InChI is InChI=1S/C36H53N3O10/c1-3-5-7-15-35(16-8-6-4-2)47-29-27-23-36(34(44)38-17-13-28(42)37-18-19-40)31(33(43)46-27)39(49-32(36)30(29)48-35)24-26-11-9-25(10-12-26)14-21-45-22-20-41/h9-12,14,21,27,29-32,40-41H,3-8,13,15-20,22-24H2,1-2H3,(H,37,42)(H,38,44)/t27-,29+,30+,31-,32-,36-/m1/s1. The van der Waals surface area contributed by atoms with Crippen molar-refractivity contribution in [2.24, 2.45) is 5.41 Å². The number of nitrogens with zero attached hydrogens (tertiary/aromatic N) is 1. The minimum atomic E-state index is -1.33. The number of esters is 1. The number of hydroxylamine groups is 2. The van der Waals surface area contributed by atoms with Crippen molar-refractivity contribution in [2.45, 2.75) is 121 Å². The molecule has 6 atom stereocenters. The van der Waals surface area contributed by atoms with Crippen molar-refractivity contribution in [2.75, 3.05) is 32.9 Å². The van der Waals surface area contributed by atoms with Crippen LogP contribution < -0.4 is 10.6 Å². The second kappa shape index (κ2) is 17.2. The van der Waals surface area contributed by atoms with E-state index in [0.29, 0.717) is 12.8 Å². The SMILES string of the molecule is CCCCCC1(CCCCC)O[C@@H]2[C@H](O1)[C@H]1ON(Cc3ccc(C=COCCO)cc3)[C@@H]3C(=O)O[C@@H]2C[C@]13C(=O)NCCC(=O)NCCO. The van der Waals surface area contributed by atoms with E-state index in [1.165, 1.54) is 6.26 Å². The Balaban J connectivity index is 1.42. The van der Waals surface area contributed by atoms with E-state index in [9.17, 15) is 14.4 Å². The number of unbranched alkanes of at least 4 members (excludes halogenated alkanes) is 4. The van der Waals surface area contributed by atoms with Crippen molar-refractivity contribution in [1.29, 1.82) is 0 Å². The van der Waals surface area contributed by atoms with Crippen LogP contribution in [-0.4, -0.2) is 102 Å². The normalized spacial score (nSPS) is 28.3. The number of nitrogens with one attached hydrogen (secondary N) is 2. The lowest BCUT2D eigenvalue weighted by atomic mass is 9.62. The summed E-state index contributed by atoms with van der Waals surface area (Å²) < 4.78 is 25.0. The van der Waals surface area contributed by atoms with E-state index >= 15 is 0 Å². The van der Waals surface area contributed by atoms with Gasteiger partial charge < -0.3 is 39.8 Å². The Morgan fingerprint density at radius 3 is 2.37 bits per heavy atom. The summed E-state index contributed by atoms with van der Waals surface area (Å²) in [5, 5.41) is 25.0. The van der Waals surface area contributed by atoms with Gasteiger partial charge in [-0.1, -0.05) is 63.8 Å². The van der Waals surface area contributed by atoms with E-state index in [1.54, 1.807) is 11.1 Å². The largest absolute Gasteiger partial charge is 0.499 e. The van der Waals surface area contributed by atoms with Gasteiger partial charge in [-0.3, -0.25) is 19.2 Å². The number of fused-ring (bicyclic) bond motifs is 4. The Labute approximate surface area is 288 Å². The van der Waals surface area contributed by atoms with E-state index in [1.807, 2.05) is 24.3 Å². The maximum Gasteiger partial charge on any atom is 0.327 e. The molecule has 1 aliphatic carbocycles. The highest BCUT2D eigenvalue weighted by atomic mass is 16.8. The predicted octanol–water partition coefficient (Wildman–Crippen LogP) is 2.72. The van der Waals surface area contributed by atoms with Gasteiger partial charge >= 0.3 is 5.97 Å². The lowest BCUT2D eigenvalue weighted by Crippen LogP contribution is -2.69. The first-order valence-electron chi connectivity index (χ1n) is 17.9. The number of ether oxygens (including phenoxy) is 4. The van der Waals surface area contributed by atoms with Crippen LogP contribution in [0.25, 0.3) is 6.08 Å². The third-order valence-corrected chi connectivity index (χ3v) is 9.95. The molecule has 0 unspecified atom stereocenters. The van der Waals surface area contributed by atoms with Gasteiger partial charge in [-0.05, 0) is 30.0 Å². The summed E-state index contributed by atoms with van der Waals surface area (Å²) in [4.78, 5) is 47.2. The summed E-state index contributed by atoms with van der Waals surface area (Å²) in [5.74, 6) is -2.09. The molecule has 4 fully saturated rings. The molecule has 2 bridgehead atoms. The molecule has 272 valence electrons. The molecule has 1 aromatic rings. The Morgan fingerprint density at radius 2 is 1.69 bits per heavy atom. The number of carbonyl (C=O) groups is 3. The number of benzene rings is 1. The fraction of sp³-hybridized carbons (Fsp3) is 0.694. The van der Waals surface area contributed by atoms with Gasteiger partial charge in [0.25, 0.3) is 0 Å². The number of aliphatic hydroxyl groups excluding tert-OH is 2. The zero-order valence-electron chi connectivity index (χ0n) is 28.8. The molecule has 3 aliphatic heterocycles. The lowest BCUT2D eigenvalue weighted by Gasteiger charge is -2.48. The Morgan fingerprint density at radius 1 is 0.980 bits per heavy atom. The number of amides is 2. The monoisotopic (exact) mass is 687 g/mol. The molecule has 13 heteroatoms. The first kappa shape index (κ1) is 37.2. The van der Waals surface area contributed by atoms with Crippen LogP contribution in [0.15, 0.2) is 30.5 Å². The van der Waals surface area contributed by atoms with Crippen molar-refractivity contribution in [3.05, 3.63) is 41.7 Å². The molecule has 4 N–H and O–H groups in total. The van der Waals surface area contributed by atoms with Crippen LogP contribution in [0.3, 0.4) is 0 Å². The third kappa shape index (κ3) is 8.29. The van der Waals surface area contributed by atoms with E-state index in [-0.39, 0.29) is 64.1 Å². The third-order valence-electron chi connectivity index (χ3n) is 9.95. The van der Waals surface area contributed by atoms with Crippen molar-refractivity contribution < 1.29 is 48.4 Å². The topological polar surface area (TPSA) is 165 Å². The summed E-state index contributed by atoms with van der Waals surface area (Å²) in [6.07, 6.45) is 8.23. The molecule has 4 aliphatic rings. The molecule has 1 saturated carbocycles. The Bertz CT molecular complexity index is 1280.